The lowest BCUT2D eigenvalue weighted by Gasteiger charge is -2.53. The molecular weight excluding hydrogens is 236 g/mol. The minimum atomic E-state index is -1.26. The van der Waals surface area contributed by atoms with Gasteiger partial charge in [-0.1, -0.05) is 6.08 Å². The van der Waals surface area contributed by atoms with Gasteiger partial charge < -0.3 is 14.2 Å². The van der Waals surface area contributed by atoms with Crippen LogP contribution in [0, 0.1) is 11.3 Å². The van der Waals surface area contributed by atoms with Crippen LogP contribution in [-0.4, -0.2) is 43.8 Å². The first-order valence-corrected chi connectivity index (χ1v) is 5.99. The summed E-state index contributed by atoms with van der Waals surface area (Å²) in [6.07, 6.45) is 4.14. The summed E-state index contributed by atoms with van der Waals surface area (Å²) in [5.74, 6) is -0.627. The number of ketones is 1. The molecule has 1 saturated heterocycles. The van der Waals surface area contributed by atoms with Gasteiger partial charge in [-0.3, -0.25) is 9.59 Å². The van der Waals surface area contributed by atoms with Gasteiger partial charge >= 0.3 is 5.97 Å². The van der Waals surface area contributed by atoms with Gasteiger partial charge in [0.2, 0.25) is 5.78 Å². The molecule has 4 atom stereocenters. The number of ether oxygens (including phenoxy) is 3. The molecule has 1 saturated carbocycles. The summed E-state index contributed by atoms with van der Waals surface area (Å²) in [5, 5.41) is 0. The Morgan fingerprint density at radius 3 is 2.67 bits per heavy atom. The molecule has 1 aliphatic heterocycles. The molecule has 1 spiro atoms. The van der Waals surface area contributed by atoms with E-state index in [1.54, 1.807) is 13.0 Å². The minimum absolute atomic E-state index is 0.0638. The van der Waals surface area contributed by atoms with Crippen molar-refractivity contribution in [3.05, 3.63) is 12.2 Å². The minimum Gasteiger partial charge on any atom is -0.468 e. The average molecular weight is 252 g/mol. The number of esters is 1. The maximum atomic E-state index is 12.7. The Labute approximate surface area is 105 Å². The summed E-state index contributed by atoms with van der Waals surface area (Å²) in [6, 6.07) is 0. The fraction of sp³-hybridized carbons (Fsp3) is 0.692. The number of carbonyl (C=O) groups excluding carboxylic acids is 2. The molecule has 2 fully saturated rings. The van der Waals surface area contributed by atoms with Crippen molar-refractivity contribution in [1.29, 1.82) is 0 Å². The molecule has 5 heteroatoms. The zero-order valence-corrected chi connectivity index (χ0v) is 10.7. The molecule has 4 rings (SSSR count). The molecule has 0 N–H and O–H groups in total. The van der Waals surface area contributed by atoms with Gasteiger partial charge in [0, 0.05) is 13.0 Å². The smallest absolute Gasteiger partial charge is 0.315 e. The second-order valence-electron chi connectivity index (χ2n) is 5.44. The second kappa shape index (κ2) is 3.22. The molecule has 0 unspecified atom stereocenters. The highest BCUT2D eigenvalue weighted by molar-refractivity contribution is 6.06. The van der Waals surface area contributed by atoms with E-state index in [-0.39, 0.29) is 11.7 Å². The van der Waals surface area contributed by atoms with E-state index < -0.39 is 22.6 Å². The van der Waals surface area contributed by atoms with Gasteiger partial charge in [0.1, 0.15) is 5.41 Å². The Morgan fingerprint density at radius 1 is 1.50 bits per heavy atom. The lowest BCUT2D eigenvalue weighted by molar-refractivity contribution is -0.190. The number of hydrogen-bond acceptors (Lipinski definition) is 5. The van der Waals surface area contributed by atoms with Gasteiger partial charge in [-0.25, -0.2) is 0 Å². The van der Waals surface area contributed by atoms with Crippen molar-refractivity contribution in [2.45, 2.75) is 24.5 Å². The molecule has 5 nitrogen and oxygen atoms in total. The Bertz CT molecular complexity index is 464. The predicted molar refractivity (Wildman–Crippen MR) is 60.8 cm³/mol. The van der Waals surface area contributed by atoms with Crippen LogP contribution in [0.15, 0.2) is 12.2 Å². The van der Waals surface area contributed by atoms with Crippen LogP contribution in [0.3, 0.4) is 0 Å². The highest BCUT2D eigenvalue weighted by atomic mass is 16.6. The zero-order chi connectivity index (χ0) is 13.2. The molecule has 1 heterocycles. The quantitative estimate of drug-likeness (QED) is 0.406. The topological polar surface area (TPSA) is 65.1 Å². The standard InChI is InChI=1S/C13H16O5/c1-11(10(15)16-2)6-8-4-5-13(11,17-3)9(14)12(8)7-18-12/h4-5,8H,6-7H2,1-3H3/t8-,11-,12+,13+/m1/s1. The Morgan fingerprint density at radius 2 is 2.17 bits per heavy atom. The summed E-state index contributed by atoms with van der Waals surface area (Å²) in [7, 11) is 2.78. The van der Waals surface area contributed by atoms with Crippen LogP contribution in [0.4, 0.5) is 0 Å². The van der Waals surface area contributed by atoms with Crippen molar-refractivity contribution >= 4 is 11.8 Å². The Balaban J connectivity index is 2.15. The molecule has 4 aliphatic rings. The fourth-order valence-electron chi connectivity index (χ4n) is 3.49. The largest absolute Gasteiger partial charge is 0.468 e. The number of rotatable bonds is 2. The van der Waals surface area contributed by atoms with Crippen molar-refractivity contribution < 1.29 is 23.8 Å². The summed E-state index contributed by atoms with van der Waals surface area (Å²) in [4.78, 5) is 24.7. The van der Waals surface area contributed by atoms with Crippen LogP contribution in [0.5, 0.6) is 0 Å². The first kappa shape index (κ1) is 11.9. The van der Waals surface area contributed by atoms with Crippen molar-refractivity contribution in [2.75, 3.05) is 20.8 Å². The molecule has 0 radical (unpaired) electrons. The zero-order valence-electron chi connectivity index (χ0n) is 10.7. The molecular formula is C13H16O5. The highest BCUT2D eigenvalue weighted by Crippen LogP contribution is 2.60. The molecule has 0 aromatic carbocycles. The van der Waals surface area contributed by atoms with E-state index in [9.17, 15) is 9.59 Å². The van der Waals surface area contributed by atoms with Crippen LogP contribution in [0.25, 0.3) is 0 Å². The van der Waals surface area contributed by atoms with E-state index in [0.717, 1.165) is 0 Å². The maximum Gasteiger partial charge on any atom is 0.315 e. The van der Waals surface area contributed by atoms with E-state index in [2.05, 4.69) is 0 Å². The van der Waals surface area contributed by atoms with Gasteiger partial charge in [0.05, 0.1) is 13.7 Å². The van der Waals surface area contributed by atoms with Crippen molar-refractivity contribution in [3.63, 3.8) is 0 Å². The van der Waals surface area contributed by atoms with Crippen LogP contribution < -0.4 is 0 Å². The van der Waals surface area contributed by atoms with Crippen LogP contribution in [-0.2, 0) is 23.8 Å². The first-order chi connectivity index (χ1) is 8.47. The van der Waals surface area contributed by atoms with Gasteiger partial charge in [-0.15, -0.1) is 0 Å². The molecule has 3 aliphatic carbocycles. The van der Waals surface area contributed by atoms with E-state index >= 15 is 0 Å². The second-order valence-corrected chi connectivity index (χ2v) is 5.44. The number of fused-ring (bicyclic) bond motifs is 1. The van der Waals surface area contributed by atoms with E-state index in [1.807, 2.05) is 6.08 Å². The highest BCUT2D eigenvalue weighted by Gasteiger charge is 2.76. The van der Waals surface area contributed by atoms with Crippen molar-refractivity contribution in [3.8, 4) is 0 Å². The molecule has 0 aromatic rings. The third kappa shape index (κ3) is 1.01. The lowest BCUT2D eigenvalue weighted by Crippen LogP contribution is -2.69. The van der Waals surface area contributed by atoms with Crippen molar-refractivity contribution in [1.82, 2.24) is 0 Å². The van der Waals surface area contributed by atoms with Crippen LogP contribution in [0.1, 0.15) is 13.3 Å². The fourth-order valence-corrected chi connectivity index (χ4v) is 3.49. The van der Waals surface area contributed by atoms with Gasteiger partial charge in [-0.2, -0.15) is 0 Å². The predicted octanol–water partition coefficient (Wildman–Crippen LogP) is 0.479. The normalized spacial score (nSPS) is 48.6. The Kier molecular flexibility index (Phi) is 2.12. The van der Waals surface area contributed by atoms with E-state index in [0.29, 0.717) is 13.0 Å². The number of hydrogen-bond donors (Lipinski definition) is 0. The number of carbonyl (C=O) groups is 2. The average Bonchev–Trinajstić information content (AvgIpc) is 3.16. The molecule has 18 heavy (non-hydrogen) atoms. The molecule has 98 valence electrons. The first-order valence-electron chi connectivity index (χ1n) is 5.99. The van der Waals surface area contributed by atoms with Gasteiger partial charge in [0.15, 0.2) is 11.2 Å². The molecule has 2 bridgehead atoms. The summed E-state index contributed by atoms with van der Waals surface area (Å²) >= 11 is 0. The number of epoxide rings is 1. The number of methoxy groups -OCH3 is 2. The molecule has 0 aromatic heterocycles. The van der Waals surface area contributed by atoms with E-state index in [4.69, 9.17) is 14.2 Å². The van der Waals surface area contributed by atoms with Gasteiger partial charge in [0.25, 0.3) is 0 Å². The van der Waals surface area contributed by atoms with Crippen molar-refractivity contribution in [2.24, 2.45) is 11.3 Å². The van der Waals surface area contributed by atoms with Crippen LogP contribution >= 0.6 is 0 Å². The lowest BCUT2D eigenvalue weighted by atomic mass is 9.53. The third-order valence-corrected chi connectivity index (χ3v) is 4.74. The number of Topliss-reactive ketones (excluding diaryl/α,β-unsaturated/α-hetero) is 1. The third-order valence-electron chi connectivity index (χ3n) is 4.74. The Hall–Kier alpha value is -1.20. The van der Waals surface area contributed by atoms with Gasteiger partial charge in [-0.05, 0) is 19.4 Å². The monoisotopic (exact) mass is 252 g/mol. The summed E-state index contributed by atoms with van der Waals surface area (Å²) in [6.45, 7) is 2.15. The SMILES string of the molecule is COC(=O)[C@@]1(C)C[C@H]2C=C[C@]1(OC)C(=O)[C@]21CO1. The van der Waals surface area contributed by atoms with Crippen LogP contribution in [0.2, 0.25) is 0 Å². The summed E-state index contributed by atoms with van der Waals surface area (Å²) < 4.78 is 15.7. The molecule has 0 amide bonds. The van der Waals surface area contributed by atoms with E-state index in [1.165, 1.54) is 14.2 Å². The summed E-state index contributed by atoms with van der Waals surface area (Å²) in [5.41, 5.74) is -2.99. The maximum absolute atomic E-state index is 12.7.